The van der Waals surface area contributed by atoms with Gasteiger partial charge in [0, 0.05) is 0 Å². The normalized spacial score (nSPS) is 14.5. The third-order valence-corrected chi connectivity index (χ3v) is 4.83. The molecular weight excluding hydrogens is 334 g/mol. The summed E-state index contributed by atoms with van der Waals surface area (Å²) >= 11 is 0. The standard InChI is InChI=1S/C20H38NO5/c1-5-9-11-16(7-3)14-25-19(22)13-18(21-24)20(23)26-15-17(8-4)12-10-6-2/h16-18,21H,5-15H2,1-4H3/q-1. The van der Waals surface area contributed by atoms with Crippen molar-refractivity contribution in [1.29, 1.82) is 0 Å². The highest BCUT2D eigenvalue weighted by Gasteiger charge is 2.22. The minimum absolute atomic E-state index is 0.289. The number of carbonyl (C=O) groups is 2. The van der Waals surface area contributed by atoms with E-state index in [-0.39, 0.29) is 13.0 Å². The second-order valence-corrected chi connectivity index (χ2v) is 7.02. The van der Waals surface area contributed by atoms with Gasteiger partial charge in [0.25, 0.3) is 0 Å². The van der Waals surface area contributed by atoms with Crippen LogP contribution in [0.1, 0.15) is 85.5 Å². The average molecular weight is 373 g/mol. The van der Waals surface area contributed by atoms with Crippen molar-refractivity contribution in [3.05, 3.63) is 5.21 Å². The highest BCUT2D eigenvalue weighted by molar-refractivity contribution is 5.82. The summed E-state index contributed by atoms with van der Waals surface area (Å²) in [7, 11) is 0. The molecule has 6 nitrogen and oxygen atoms in total. The number of esters is 2. The molecule has 3 atom stereocenters. The second-order valence-electron chi connectivity index (χ2n) is 7.02. The Morgan fingerprint density at radius 1 is 0.885 bits per heavy atom. The third kappa shape index (κ3) is 11.5. The first-order chi connectivity index (χ1) is 12.5. The number of unbranched alkanes of at least 4 members (excludes halogenated alkanes) is 2. The largest absolute Gasteiger partial charge is 0.787 e. The van der Waals surface area contributed by atoms with E-state index in [0.29, 0.717) is 18.4 Å². The molecule has 1 N–H and O–H groups in total. The van der Waals surface area contributed by atoms with Crippen molar-refractivity contribution >= 4 is 11.9 Å². The van der Waals surface area contributed by atoms with Crippen LogP contribution in [-0.4, -0.2) is 31.2 Å². The van der Waals surface area contributed by atoms with E-state index in [9.17, 15) is 14.8 Å². The van der Waals surface area contributed by atoms with E-state index < -0.39 is 18.0 Å². The molecule has 26 heavy (non-hydrogen) atoms. The van der Waals surface area contributed by atoms with E-state index in [0.717, 1.165) is 51.4 Å². The van der Waals surface area contributed by atoms with Crippen molar-refractivity contribution in [1.82, 2.24) is 5.48 Å². The molecule has 0 heterocycles. The van der Waals surface area contributed by atoms with E-state index in [4.69, 9.17) is 9.47 Å². The molecule has 0 aromatic heterocycles. The zero-order valence-electron chi connectivity index (χ0n) is 17.1. The van der Waals surface area contributed by atoms with Gasteiger partial charge in [0.15, 0.2) is 0 Å². The van der Waals surface area contributed by atoms with Gasteiger partial charge in [0.1, 0.15) is 6.04 Å². The van der Waals surface area contributed by atoms with Crippen LogP contribution in [0.2, 0.25) is 0 Å². The molecule has 0 amide bonds. The monoisotopic (exact) mass is 372 g/mol. The van der Waals surface area contributed by atoms with Crippen LogP contribution >= 0.6 is 0 Å². The molecule has 0 aromatic rings. The molecule has 0 saturated carbocycles. The molecule has 6 heteroatoms. The second kappa shape index (κ2) is 16.1. The molecule has 0 aliphatic carbocycles. The predicted octanol–water partition coefficient (Wildman–Crippen LogP) is 4.35. The van der Waals surface area contributed by atoms with Crippen LogP contribution in [0.4, 0.5) is 0 Å². The number of hydrogen-bond donors (Lipinski definition) is 1. The Hall–Kier alpha value is -1.14. The van der Waals surface area contributed by atoms with Gasteiger partial charge in [-0.15, -0.1) is 0 Å². The molecule has 154 valence electrons. The van der Waals surface area contributed by atoms with E-state index in [1.54, 1.807) is 5.48 Å². The lowest BCUT2D eigenvalue weighted by molar-refractivity contribution is -0.154. The maximum absolute atomic E-state index is 12.0. The molecule has 0 fully saturated rings. The number of hydrogen-bond acceptors (Lipinski definition) is 6. The first kappa shape index (κ1) is 24.9. The molecule has 0 saturated heterocycles. The Kier molecular flexibility index (Phi) is 15.4. The molecule has 0 rings (SSSR count). The fourth-order valence-corrected chi connectivity index (χ4v) is 2.71. The van der Waals surface area contributed by atoms with Gasteiger partial charge in [-0.3, -0.25) is 9.59 Å². The van der Waals surface area contributed by atoms with Crippen molar-refractivity contribution in [3.63, 3.8) is 0 Å². The average Bonchev–Trinajstić information content (AvgIpc) is 2.66. The van der Waals surface area contributed by atoms with Crippen LogP contribution in [0.5, 0.6) is 0 Å². The first-order valence-corrected chi connectivity index (χ1v) is 10.2. The zero-order chi connectivity index (χ0) is 19.8. The molecular formula is C20H38NO5-. The zero-order valence-corrected chi connectivity index (χ0v) is 17.1. The highest BCUT2D eigenvalue weighted by Crippen LogP contribution is 2.15. The van der Waals surface area contributed by atoms with Gasteiger partial charge in [0.05, 0.1) is 19.6 Å². The van der Waals surface area contributed by atoms with Crippen LogP contribution in [0.3, 0.4) is 0 Å². The summed E-state index contributed by atoms with van der Waals surface area (Å²) < 4.78 is 10.5. The van der Waals surface area contributed by atoms with E-state index in [1.165, 1.54) is 0 Å². The maximum Gasteiger partial charge on any atom is 0.322 e. The van der Waals surface area contributed by atoms with Gasteiger partial charge >= 0.3 is 11.9 Å². The number of hydroxylamine groups is 1. The summed E-state index contributed by atoms with van der Waals surface area (Å²) in [6.07, 6.45) is 7.96. The highest BCUT2D eigenvalue weighted by atomic mass is 16.5. The van der Waals surface area contributed by atoms with Gasteiger partial charge in [0.2, 0.25) is 0 Å². The van der Waals surface area contributed by atoms with E-state index in [1.807, 2.05) is 0 Å². The molecule has 0 bridgehead atoms. The fourth-order valence-electron chi connectivity index (χ4n) is 2.71. The quantitative estimate of drug-likeness (QED) is 0.320. The fraction of sp³-hybridized carbons (Fsp3) is 0.900. The van der Waals surface area contributed by atoms with Crippen LogP contribution in [0, 0.1) is 17.0 Å². The van der Waals surface area contributed by atoms with Gasteiger partial charge in [-0.2, -0.15) is 0 Å². The summed E-state index contributed by atoms with van der Waals surface area (Å²) in [4.78, 5) is 24.0. The molecule has 0 aromatic carbocycles. The molecule has 0 aliphatic rings. The molecule has 3 unspecified atom stereocenters. The lowest BCUT2D eigenvalue weighted by Crippen LogP contribution is -2.38. The SMILES string of the molecule is CCCCC(CC)COC(=O)CC(N[O-])C(=O)OCC(CC)CCCC. The smallest absolute Gasteiger partial charge is 0.322 e. The lowest BCUT2D eigenvalue weighted by Gasteiger charge is -2.22. The Morgan fingerprint density at radius 2 is 1.38 bits per heavy atom. The summed E-state index contributed by atoms with van der Waals surface area (Å²) in [5, 5.41) is 11.1. The van der Waals surface area contributed by atoms with Crippen LogP contribution < -0.4 is 5.48 Å². The minimum atomic E-state index is -1.19. The third-order valence-electron chi connectivity index (χ3n) is 4.83. The van der Waals surface area contributed by atoms with Crippen LogP contribution in [0.15, 0.2) is 0 Å². The van der Waals surface area contributed by atoms with Crippen molar-refractivity contribution in [2.75, 3.05) is 13.2 Å². The number of rotatable bonds is 16. The van der Waals surface area contributed by atoms with Crippen LogP contribution in [0.25, 0.3) is 0 Å². The maximum atomic E-state index is 12.0. The van der Waals surface area contributed by atoms with Crippen molar-refractivity contribution < 1.29 is 19.1 Å². The van der Waals surface area contributed by atoms with Crippen LogP contribution in [-0.2, 0) is 19.1 Å². The Balaban J connectivity index is 4.28. The summed E-state index contributed by atoms with van der Waals surface area (Å²) in [6, 6.07) is -1.19. The predicted molar refractivity (Wildman–Crippen MR) is 103 cm³/mol. The van der Waals surface area contributed by atoms with Gasteiger partial charge in [-0.1, -0.05) is 66.2 Å². The van der Waals surface area contributed by atoms with E-state index in [2.05, 4.69) is 27.7 Å². The Bertz CT molecular complexity index is 375. The van der Waals surface area contributed by atoms with Crippen molar-refractivity contribution in [2.24, 2.45) is 11.8 Å². The Morgan fingerprint density at radius 3 is 1.81 bits per heavy atom. The molecule has 0 spiro atoms. The molecule has 0 aliphatic heterocycles. The number of nitrogens with one attached hydrogen (secondary N) is 1. The molecule has 0 radical (unpaired) electrons. The topological polar surface area (TPSA) is 87.7 Å². The van der Waals surface area contributed by atoms with E-state index >= 15 is 0 Å². The number of ether oxygens (including phenoxy) is 2. The van der Waals surface area contributed by atoms with Crippen molar-refractivity contribution in [3.8, 4) is 0 Å². The van der Waals surface area contributed by atoms with Gasteiger partial charge in [-0.05, 0) is 24.7 Å². The summed E-state index contributed by atoms with van der Waals surface area (Å²) in [5.41, 5.74) is 1.63. The summed E-state index contributed by atoms with van der Waals surface area (Å²) in [6.45, 7) is 8.99. The minimum Gasteiger partial charge on any atom is -0.787 e. The van der Waals surface area contributed by atoms with Gasteiger partial charge < -0.3 is 20.2 Å². The lowest BCUT2D eigenvalue weighted by atomic mass is 10.0. The Labute approximate surface area is 159 Å². The van der Waals surface area contributed by atoms with Gasteiger partial charge in [-0.25, -0.2) is 0 Å². The first-order valence-electron chi connectivity index (χ1n) is 10.2. The summed E-state index contributed by atoms with van der Waals surface area (Å²) in [5.74, 6) is -0.594. The number of carbonyl (C=O) groups excluding carboxylic acids is 2. The van der Waals surface area contributed by atoms with Crippen molar-refractivity contribution in [2.45, 2.75) is 91.5 Å².